The van der Waals surface area contributed by atoms with E-state index in [-0.39, 0.29) is 11.7 Å². The minimum atomic E-state index is -0.294. The van der Waals surface area contributed by atoms with E-state index in [9.17, 15) is 4.39 Å². The Morgan fingerprint density at radius 2 is 2.19 bits per heavy atom. The molecule has 0 bridgehead atoms. The molecule has 0 aliphatic carbocycles. The fourth-order valence-electron chi connectivity index (χ4n) is 3.55. The second-order valence-corrected chi connectivity index (χ2v) is 6.81. The third kappa shape index (κ3) is 3.63. The normalized spacial score (nSPS) is 17.7. The Balaban J connectivity index is 1.70. The molecule has 3 aromatic rings. The smallest absolute Gasteiger partial charge is 0.182 e. The molecule has 1 aliphatic heterocycles. The van der Waals surface area contributed by atoms with E-state index in [0.717, 1.165) is 44.3 Å². The lowest BCUT2D eigenvalue weighted by molar-refractivity contribution is 0.160. The minimum absolute atomic E-state index is 0.256. The van der Waals surface area contributed by atoms with E-state index in [4.69, 9.17) is 14.8 Å². The van der Waals surface area contributed by atoms with Crippen molar-refractivity contribution in [2.45, 2.75) is 12.3 Å². The average Bonchev–Trinajstić information content (AvgIpc) is 3.38. The molecule has 1 fully saturated rings. The van der Waals surface area contributed by atoms with Crippen molar-refractivity contribution in [1.29, 1.82) is 0 Å². The third-order valence-corrected chi connectivity index (χ3v) is 4.98. The first-order valence-electron chi connectivity index (χ1n) is 9.08. The van der Waals surface area contributed by atoms with E-state index in [2.05, 4.69) is 10.00 Å². The lowest BCUT2D eigenvalue weighted by Gasteiger charge is -2.15. The number of aryl methyl sites for hydroxylation is 1. The number of methoxy groups -OCH3 is 1. The van der Waals surface area contributed by atoms with Gasteiger partial charge in [-0.25, -0.2) is 9.37 Å². The van der Waals surface area contributed by atoms with Crippen LogP contribution in [-0.2, 0) is 11.8 Å². The number of likely N-dealkylation sites (tertiary alicyclic amines) is 1. The molecule has 0 saturated carbocycles. The van der Waals surface area contributed by atoms with Gasteiger partial charge in [-0.05, 0) is 25.1 Å². The first kappa shape index (κ1) is 17.8. The van der Waals surface area contributed by atoms with Gasteiger partial charge in [0.1, 0.15) is 11.6 Å². The van der Waals surface area contributed by atoms with Gasteiger partial charge in [0.15, 0.2) is 11.6 Å². The highest BCUT2D eigenvalue weighted by molar-refractivity contribution is 5.55. The Labute approximate surface area is 157 Å². The summed E-state index contributed by atoms with van der Waals surface area (Å²) in [7, 11) is 3.60. The van der Waals surface area contributed by atoms with Crippen LogP contribution in [0, 0.1) is 5.82 Å². The molecule has 0 amide bonds. The molecule has 0 spiro atoms. The summed E-state index contributed by atoms with van der Waals surface area (Å²) in [5.41, 5.74) is 0.673. The Morgan fingerprint density at radius 3 is 2.93 bits per heavy atom. The predicted molar refractivity (Wildman–Crippen MR) is 99.2 cm³/mol. The molecule has 2 aromatic heterocycles. The number of nitrogens with zero attached hydrogens (tertiary/aromatic N) is 6. The number of benzene rings is 1. The molecule has 1 aliphatic rings. The molecule has 1 atom stereocenters. The number of hydrogen-bond donors (Lipinski definition) is 0. The molecule has 1 saturated heterocycles. The zero-order chi connectivity index (χ0) is 18.8. The molecule has 8 heteroatoms. The van der Waals surface area contributed by atoms with Gasteiger partial charge in [0.2, 0.25) is 0 Å². The van der Waals surface area contributed by atoms with E-state index < -0.39 is 0 Å². The summed E-state index contributed by atoms with van der Waals surface area (Å²) in [6.45, 7) is 3.53. The number of aromatic nitrogens is 5. The van der Waals surface area contributed by atoms with Gasteiger partial charge in [-0.3, -0.25) is 4.68 Å². The third-order valence-electron chi connectivity index (χ3n) is 4.98. The molecular weight excluding hydrogens is 347 g/mol. The molecule has 0 radical (unpaired) electrons. The van der Waals surface area contributed by atoms with E-state index in [0.29, 0.717) is 11.4 Å². The summed E-state index contributed by atoms with van der Waals surface area (Å²) >= 11 is 0. The van der Waals surface area contributed by atoms with Crippen LogP contribution in [0.1, 0.15) is 18.2 Å². The Morgan fingerprint density at radius 1 is 1.30 bits per heavy atom. The predicted octanol–water partition coefficient (Wildman–Crippen LogP) is 2.24. The van der Waals surface area contributed by atoms with Crippen LogP contribution in [-0.4, -0.2) is 62.8 Å². The zero-order valence-electron chi connectivity index (χ0n) is 15.5. The molecular formula is C19H23FN6O. The summed E-state index contributed by atoms with van der Waals surface area (Å²) in [6.07, 6.45) is 2.74. The molecule has 1 unspecified atom stereocenters. The van der Waals surface area contributed by atoms with Crippen molar-refractivity contribution < 1.29 is 9.13 Å². The summed E-state index contributed by atoms with van der Waals surface area (Å²) < 4.78 is 22.5. The van der Waals surface area contributed by atoms with Crippen LogP contribution in [0.4, 0.5) is 4.39 Å². The molecule has 3 heterocycles. The van der Waals surface area contributed by atoms with Gasteiger partial charge in [0, 0.05) is 44.8 Å². The van der Waals surface area contributed by atoms with Crippen LogP contribution in [0.25, 0.3) is 17.2 Å². The molecule has 142 valence electrons. The average molecular weight is 370 g/mol. The van der Waals surface area contributed by atoms with Crippen LogP contribution in [0.2, 0.25) is 0 Å². The van der Waals surface area contributed by atoms with Crippen LogP contribution < -0.4 is 0 Å². The lowest BCUT2D eigenvalue weighted by Crippen LogP contribution is -2.25. The zero-order valence-corrected chi connectivity index (χ0v) is 15.5. The first-order valence-corrected chi connectivity index (χ1v) is 9.08. The summed E-state index contributed by atoms with van der Waals surface area (Å²) in [4.78, 5) is 7.17. The number of rotatable bonds is 6. The topological polar surface area (TPSA) is 61.0 Å². The maximum atomic E-state index is 13.7. The second kappa shape index (κ2) is 7.58. The Kier molecular flexibility index (Phi) is 5.00. The lowest BCUT2D eigenvalue weighted by atomic mass is 10.1. The summed E-state index contributed by atoms with van der Waals surface area (Å²) in [5, 5.41) is 8.94. The highest BCUT2D eigenvalue weighted by atomic mass is 19.1. The van der Waals surface area contributed by atoms with E-state index >= 15 is 0 Å². The molecule has 1 aromatic carbocycles. The van der Waals surface area contributed by atoms with Gasteiger partial charge in [-0.15, -0.1) is 5.10 Å². The monoisotopic (exact) mass is 370 g/mol. The SMILES string of the molecule is COCCN1CCC(c2nc(-c3cccc(F)c3)nn2-c2ccnn2C)C1. The fraction of sp³-hybridized carbons (Fsp3) is 0.421. The van der Waals surface area contributed by atoms with E-state index in [1.807, 2.05) is 23.9 Å². The highest BCUT2D eigenvalue weighted by Crippen LogP contribution is 2.29. The van der Waals surface area contributed by atoms with Crippen molar-refractivity contribution >= 4 is 0 Å². The largest absolute Gasteiger partial charge is 0.383 e. The first-order chi connectivity index (χ1) is 13.2. The van der Waals surface area contributed by atoms with Gasteiger partial charge in [-0.2, -0.15) is 9.78 Å². The molecule has 7 nitrogen and oxygen atoms in total. The number of ether oxygens (including phenoxy) is 1. The van der Waals surface area contributed by atoms with Crippen LogP contribution in [0.5, 0.6) is 0 Å². The van der Waals surface area contributed by atoms with Crippen LogP contribution >= 0.6 is 0 Å². The van der Waals surface area contributed by atoms with E-state index in [1.165, 1.54) is 12.1 Å². The minimum Gasteiger partial charge on any atom is -0.383 e. The van der Waals surface area contributed by atoms with Gasteiger partial charge < -0.3 is 9.64 Å². The van der Waals surface area contributed by atoms with Gasteiger partial charge in [0.25, 0.3) is 0 Å². The van der Waals surface area contributed by atoms with Crippen molar-refractivity contribution in [2.24, 2.45) is 7.05 Å². The van der Waals surface area contributed by atoms with Crippen molar-refractivity contribution in [1.82, 2.24) is 29.4 Å². The summed E-state index contributed by atoms with van der Waals surface area (Å²) in [5.74, 6) is 2.22. The van der Waals surface area contributed by atoms with Crippen LogP contribution in [0.15, 0.2) is 36.5 Å². The van der Waals surface area contributed by atoms with E-state index in [1.54, 1.807) is 24.1 Å². The van der Waals surface area contributed by atoms with Gasteiger partial charge in [0.05, 0.1) is 12.8 Å². The Bertz CT molecular complexity index is 921. The van der Waals surface area contributed by atoms with Crippen LogP contribution in [0.3, 0.4) is 0 Å². The van der Waals surface area contributed by atoms with Crippen molar-refractivity contribution in [3.05, 3.63) is 48.2 Å². The standard InChI is InChI=1S/C19H23FN6O/c1-24-17(6-8-21-24)26-19(15-7-9-25(13-15)10-11-27-2)22-18(23-26)14-4-3-5-16(20)12-14/h3-6,8,12,15H,7,9-11,13H2,1-2H3. The number of halogens is 1. The van der Waals surface area contributed by atoms with Gasteiger partial charge in [-0.1, -0.05) is 12.1 Å². The fourth-order valence-corrected chi connectivity index (χ4v) is 3.55. The molecule has 0 N–H and O–H groups in total. The van der Waals surface area contributed by atoms with Crippen molar-refractivity contribution in [3.63, 3.8) is 0 Å². The maximum Gasteiger partial charge on any atom is 0.182 e. The summed E-state index contributed by atoms with van der Waals surface area (Å²) in [6, 6.07) is 8.30. The quantitative estimate of drug-likeness (QED) is 0.666. The van der Waals surface area contributed by atoms with Crippen molar-refractivity contribution in [2.75, 3.05) is 33.4 Å². The van der Waals surface area contributed by atoms with Crippen molar-refractivity contribution in [3.8, 4) is 17.2 Å². The molecule has 4 rings (SSSR count). The Hall–Kier alpha value is -2.58. The highest BCUT2D eigenvalue weighted by Gasteiger charge is 2.29. The molecule has 27 heavy (non-hydrogen) atoms. The number of hydrogen-bond acceptors (Lipinski definition) is 5. The maximum absolute atomic E-state index is 13.7. The van der Waals surface area contributed by atoms with Gasteiger partial charge >= 0.3 is 0 Å². The second-order valence-electron chi connectivity index (χ2n) is 6.81.